The highest BCUT2D eigenvalue weighted by molar-refractivity contribution is 5.48. The maximum absolute atomic E-state index is 11.7. The average Bonchev–Trinajstić information content (AvgIpc) is 3.13. The molecule has 4 rings (SSSR count). The molecule has 0 aliphatic carbocycles. The SMILES string of the molecule is Cc1ncnc(N2CC3CN(Cc4cncc(=O)n4C)CC3C2)c1C. The van der Waals surface area contributed by atoms with E-state index in [0.29, 0.717) is 11.8 Å². The molecule has 0 aromatic carbocycles. The molecule has 0 bridgehead atoms. The van der Waals surface area contributed by atoms with Gasteiger partial charge < -0.3 is 9.47 Å². The van der Waals surface area contributed by atoms with Gasteiger partial charge in [0, 0.05) is 57.2 Å². The molecule has 0 amide bonds. The lowest BCUT2D eigenvalue weighted by molar-refractivity contribution is 0.299. The Kier molecular flexibility index (Phi) is 4.03. The van der Waals surface area contributed by atoms with Gasteiger partial charge in [-0.05, 0) is 25.7 Å². The van der Waals surface area contributed by atoms with Crippen LogP contribution in [-0.2, 0) is 13.6 Å². The van der Waals surface area contributed by atoms with Crippen LogP contribution in [-0.4, -0.2) is 50.6 Å². The maximum Gasteiger partial charge on any atom is 0.268 e. The van der Waals surface area contributed by atoms with Crippen molar-refractivity contribution in [1.82, 2.24) is 24.4 Å². The van der Waals surface area contributed by atoms with Crippen molar-refractivity contribution in [2.24, 2.45) is 18.9 Å². The number of nitrogens with zero attached hydrogens (tertiary/aromatic N) is 6. The third-order valence-corrected chi connectivity index (χ3v) is 5.73. The molecule has 2 atom stereocenters. The van der Waals surface area contributed by atoms with E-state index in [2.05, 4.69) is 31.7 Å². The van der Waals surface area contributed by atoms with Crippen molar-refractivity contribution in [2.45, 2.75) is 20.4 Å². The van der Waals surface area contributed by atoms with Gasteiger partial charge in [0.25, 0.3) is 5.56 Å². The molecule has 4 heterocycles. The van der Waals surface area contributed by atoms with E-state index in [1.165, 1.54) is 11.8 Å². The first-order chi connectivity index (χ1) is 12.0. The standard InChI is InChI=1S/C18H24N6O/c1-12-13(2)20-11-21-18(12)24-8-14-6-23(7-15(14)9-24)10-16-4-19-5-17(25)22(16)3/h4-5,11,14-15H,6-10H2,1-3H3. The number of likely N-dealkylation sites (tertiary alicyclic amines) is 1. The second-order valence-electron chi connectivity index (χ2n) is 7.32. The molecule has 2 aliphatic rings. The summed E-state index contributed by atoms with van der Waals surface area (Å²) in [4.78, 5) is 29.4. The molecule has 0 saturated carbocycles. The predicted octanol–water partition coefficient (Wildman–Crippen LogP) is 0.755. The molecule has 2 unspecified atom stereocenters. The summed E-state index contributed by atoms with van der Waals surface area (Å²) < 4.78 is 1.69. The molecule has 132 valence electrons. The van der Waals surface area contributed by atoms with E-state index in [0.717, 1.165) is 49.9 Å². The minimum Gasteiger partial charge on any atom is -0.356 e. The van der Waals surface area contributed by atoms with Crippen LogP contribution in [0.2, 0.25) is 0 Å². The van der Waals surface area contributed by atoms with Crippen LogP contribution in [0.15, 0.2) is 23.5 Å². The van der Waals surface area contributed by atoms with Gasteiger partial charge >= 0.3 is 0 Å². The summed E-state index contributed by atoms with van der Waals surface area (Å²) in [6.07, 6.45) is 4.84. The van der Waals surface area contributed by atoms with Crippen molar-refractivity contribution in [2.75, 3.05) is 31.1 Å². The van der Waals surface area contributed by atoms with Gasteiger partial charge in [-0.1, -0.05) is 0 Å². The lowest BCUT2D eigenvalue weighted by Crippen LogP contribution is -2.31. The minimum absolute atomic E-state index is 0.0438. The minimum atomic E-state index is -0.0438. The molecule has 0 spiro atoms. The van der Waals surface area contributed by atoms with Crippen LogP contribution >= 0.6 is 0 Å². The first-order valence-corrected chi connectivity index (χ1v) is 8.78. The first-order valence-electron chi connectivity index (χ1n) is 8.78. The number of rotatable bonds is 3. The topological polar surface area (TPSA) is 67.2 Å². The van der Waals surface area contributed by atoms with Crippen molar-refractivity contribution >= 4 is 5.82 Å². The van der Waals surface area contributed by atoms with Crippen LogP contribution in [0.3, 0.4) is 0 Å². The second-order valence-corrected chi connectivity index (χ2v) is 7.32. The second kappa shape index (κ2) is 6.22. The maximum atomic E-state index is 11.7. The molecule has 2 aromatic rings. The number of fused-ring (bicyclic) bond motifs is 1. The highest BCUT2D eigenvalue weighted by Gasteiger charge is 2.40. The van der Waals surface area contributed by atoms with Gasteiger partial charge in [0.2, 0.25) is 0 Å². The van der Waals surface area contributed by atoms with Crippen LogP contribution in [0.4, 0.5) is 5.82 Å². The largest absolute Gasteiger partial charge is 0.356 e. The van der Waals surface area contributed by atoms with Gasteiger partial charge in [0.1, 0.15) is 12.1 Å². The molecule has 0 N–H and O–H groups in total. The third kappa shape index (κ3) is 2.93. The van der Waals surface area contributed by atoms with Crippen LogP contribution in [0.25, 0.3) is 0 Å². The van der Waals surface area contributed by atoms with E-state index >= 15 is 0 Å². The number of hydrogen-bond donors (Lipinski definition) is 0. The fourth-order valence-electron chi connectivity index (χ4n) is 4.11. The summed E-state index contributed by atoms with van der Waals surface area (Å²) in [5.41, 5.74) is 3.18. The van der Waals surface area contributed by atoms with E-state index in [-0.39, 0.29) is 5.56 Å². The Hall–Kier alpha value is -2.28. The average molecular weight is 340 g/mol. The van der Waals surface area contributed by atoms with Crippen molar-refractivity contribution in [1.29, 1.82) is 0 Å². The van der Waals surface area contributed by atoms with Crippen LogP contribution in [0.1, 0.15) is 17.0 Å². The molecular formula is C18H24N6O. The highest BCUT2D eigenvalue weighted by atomic mass is 16.1. The lowest BCUT2D eigenvalue weighted by Gasteiger charge is -2.24. The van der Waals surface area contributed by atoms with Crippen LogP contribution in [0.5, 0.6) is 0 Å². The van der Waals surface area contributed by atoms with E-state index < -0.39 is 0 Å². The molecule has 7 nitrogen and oxygen atoms in total. The number of aryl methyl sites for hydroxylation is 1. The molecular weight excluding hydrogens is 316 g/mol. The summed E-state index contributed by atoms with van der Waals surface area (Å²) >= 11 is 0. The fourth-order valence-corrected chi connectivity index (χ4v) is 4.11. The van der Waals surface area contributed by atoms with Gasteiger partial charge in [-0.3, -0.25) is 14.7 Å². The zero-order valence-corrected chi connectivity index (χ0v) is 15.0. The van der Waals surface area contributed by atoms with Crippen molar-refractivity contribution in [3.8, 4) is 0 Å². The smallest absolute Gasteiger partial charge is 0.268 e. The Morgan fingerprint density at radius 3 is 2.52 bits per heavy atom. The van der Waals surface area contributed by atoms with Crippen molar-refractivity contribution in [3.63, 3.8) is 0 Å². The lowest BCUT2D eigenvalue weighted by atomic mass is 10.0. The molecule has 2 saturated heterocycles. The van der Waals surface area contributed by atoms with E-state index in [9.17, 15) is 4.79 Å². The predicted molar refractivity (Wildman–Crippen MR) is 95.5 cm³/mol. The molecule has 2 aliphatic heterocycles. The van der Waals surface area contributed by atoms with E-state index in [4.69, 9.17) is 0 Å². The quantitative estimate of drug-likeness (QED) is 0.822. The molecule has 0 radical (unpaired) electrons. The van der Waals surface area contributed by atoms with Gasteiger partial charge in [0.15, 0.2) is 0 Å². The van der Waals surface area contributed by atoms with E-state index in [1.807, 2.05) is 14.0 Å². The van der Waals surface area contributed by atoms with Gasteiger partial charge in [-0.25, -0.2) is 9.97 Å². The molecule has 7 heteroatoms. The fraction of sp³-hybridized carbons (Fsp3) is 0.556. The first kappa shape index (κ1) is 16.2. The van der Waals surface area contributed by atoms with Crippen LogP contribution in [0, 0.1) is 25.7 Å². The zero-order chi connectivity index (χ0) is 17.6. The third-order valence-electron chi connectivity index (χ3n) is 5.73. The Bertz CT molecular complexity index is 834. The van der Waals surface area contributed by atoms with E-state index in [1.54, 1.807) is 17.1 Å². The van der Waals surface area contributed by atoms with Crippen molar-refractivity contribution in [3.05, 3.63) is 46.0 Å². The summed E-state index contributed by atoms with van der Waals surface area (Å²) in [6.45, 7) is 9.15. The van der Waals surface area contributed by atoms with Gasteiger partial charge in [-0.15, -0.1) is 0 Å². The number of anilines is 1. The molecule has 2 aromatic heterocycles. The Morgan fingerprint density at radius 2 is 1.80 bits per heavy atom. The molecule has 2 fully saturated rings. The molecule has 25 heavy (non-hydrogen) atoms. The summed E-state index contributed by atoms with van der Waals surface area (Å²) in [5, 5.41) is 0. The Labute approximate surface area is 147 Å². The summed E-state index contributed by atoms with van der Waals surface area (Å²) in [6, 6.07) is 0. The van der Waals surface area contributed by atoms with Gasteiger partial charge in [-0.2, -0.15) is 0 Å². The van der Waals surface area contributed by atoms with Gasteiger partial charge in [0.05, 0.1) is 11.9 Å². The number of hydrogen-bond acceptors (Lipinski definition) is 6. The highest BCUT2D eigenvalue weighted by Crippen LogP contribution is 2.34. The van der Waals surface area contributed by atoms with Crippen molar-refractivity contribution < 1.29 is 0 Å². The monoisotopic (exact) mass is 340 g/mol. The number of aromatic nitrogens is 4. The Balaban J connectivity index is 1.43. The summed E-state index contributed by atoms with van der Waals surface area (Å²) in [5.74, 6) is 2.40. The normalized spacial score (nSPS) is 23.2. The van der Waals surface area contributed by atoms with Crippen LogP contribution < -0.4 is 10.5 Å². The Morgan fingerprint density at radius 1 is 1.08 bits per heavy atom. The zero-order valence-electron chi connectivity index (χ0n) is 15.0. The summed E-state index contributed by atoms with van der Waals surface area (Å²) in [7, 11) is 1.82.